The van der Waals surface area contributed by atoms with Crippen molar-refractivity contribution >= 4 is 34.4 Å². The fourth-order valence-electron chi connectivity index (χ4n) is 5.24. The lowest BCUT2D eigenvalue weighted by molar-refractivity contribution is -0.137. The molecule has 0 unspecified atom stereocenters. The number of imide groups is 1. The topological polar surface area (TPSA) is 146 Å². The standard InChI is InChI=1S/C31H39F2N7O4/c1-17(34-4)28(41)39-26(30(43)40-29(42)23-7-6-10-35-23)31(2,3)14-19-11-21-24(13-25(19)44-5)37-16-38-27(21)36-15-18-8-9-20(32)12-22(18)33/h8-9,11-13,16-17,23,26,34-35H,6-7,10,14-15H2,1-5H3,(H,39,41)(H,36,37,38)(H,40,42,43)/t17-,23-,26+/m0/s1. The van der Waals surface area contributed by atoms with E-state index in [0.29, 0.717) is 41.0 Å². The van der Waals surface area contributed by atoms with Gasteiger partial charge in [0.15, 0.2) is 0 Å². The minimum atomic E-state index is -1.08. The smallest absolute Gasteiger partial charge is 0.249 e. The van der Waals surface area contributed by atoms with Crippen LogP contribution in [0.2, 0.25) is 0 Å². The first-order valence-corrected chi connectivity index (χ1v) is 14.5. The molecule has 0 radical (unpaired) electrons. The number of fused-ring (bicyclic) bond motifs is 1. The van der Waals surface area contributed by atoms with Crippen molar-refractivity contribution in [3.8, 4) is 5.75 Å². The van der Waals surface area contributed by atoms with Crippen LogP contribution in [0.5, 0.6) is 5.75 Å². The predicted molar refractivity (Wildman–Crippen MR) is 162 cm³/mol. The monoisotopic (exact) mass is 611 g/mol. The molecule has 236 valence electrons. The van der Waals surface area contributed by atoms with Gasteiger partial charge in [-0.25, -0.2) is 18.7 Å². The van der Waals surface area contributed by atoms with Gasteiger partial charge in [-0.3, -0.25) is 19.7 Å². The van der Waals surface area contributed by atoms with Crippen molar-refractivity contribution in [2.24, 2.45) is 5.41 Å². The summed E-state index contributed by atoms with van der Waals surface area (Å²) in [6, 6.07) is 4.79. The SMILES string of the molecule is CN[C@@H](C)C(=O)N[C@H](C(=O)NC(=O)[C@@H]1CCCN1)C(C)(C)Cc1cc2c(NCc3ccc(F)cc3F)ncnc2cc1OC. The maximum atomic E-state index is 14.3. The van der Waals surface area contributed by atoms with Crippen molar-refractivity contribution in [2.45, 2.75) is 64.7 Å². The molecule has 5 N–H and O–H groups in total. The molecule has 3 aromatic rings. The summed E-state index contributed by atoms with van der Waals surface area (Å²) in [6.07, 6.45) is 3.06. The molecule has 11 nitrogen and oxygen atoms in total. The lowest BCUT2D eigenvalue weighted by Crippen LogP contribution is -2.59. The number of rotatable bonds is 12. The second kappa shape index (κ2) is 14.0. The molecular weight excluding hydrogens is 572 g/mol. The van der Waals surface area contributed by atoms with Gasteiger partial charge < -0.3 is 26.0 Å². The van der Waals surface area contributed by atoms with Crippen LogP contribution in [0.4, 0.5) is 14.6 Å². The Morgan fingerprint density at radius 3 is 2.55 bits per heavy atom. The van der Waals surface area contributed by atoms with Crippen LogP contribution < -0.4 is 31.3 Å². The third kappa shape index (κ3) is 7.64. The predicted octanol–water partition coefficient (Wildman–Crippen LogP) is 2.58. The lowest BCUT2D eigenvalue weighted by atomic mass is 9.77. The number of carbonyl (C=O) groups is 3. The first kappa shape index (κ1) is 32.7. The Kier molecular flexibility index (Phi) is 10.4. The van der Waals surface area contributed by atoms with Gasteiger partial charge in [0.2, 0.25) is 17.7 Å². The highest BCUT2D eigenvalue weighted by molar-refractivity contribution is 6.02. The number of anilines is 1. The van der Waals surface area contributed by atoms with Gasteiger partial charge in [0, 0.05) is 29.6 Å². The summed E-state index contributed by atoms with van der Waals surface area (Å²) >= 11 is 0. The summed E-state index contributed by atoms with van der Waals surface area (Å²) in [5.41, 5.74) is 0.586. The molecule has 44 heavy (non-hydrogen) atoms. The summed E-state index contributed by atoms with van der Waals surface area (Å²) in [4.78, 5) is 48.0. The van der Waals surface area contributed by atoms with Gasteiger partial charge in [-0.05, 0) is 62.9 Å². The van der Waals surface area contributed by atoms with Gasteiger partial charge in [0.05, 0.1) is 24.7 Å². The number of nitrogens with one attached hydrogen (secondary N) is 5. The fraction of sp³-hybridized carbons (Fsp3) is 0.452. The number of amides is 3. The second-order valence-electron chi connectivity index (χ2n) is 11.6. The average Bonchev–Trinajstić information content (AvgIpc) is 3.54. The molecule has 0 bridgehead atoms. The Balaban J connectivity index is 1.64. The number of nitrogens with zero attached hydrogens (tertiary/aromatic N) is 2. The van der Waals surface area contributed by atoms with Crippen molar-refractivity contribution in [1.29, 1.82) is 0 Å². The molecule has 1 aromatic heterocycles. The van der Waals surface area contributed by atoms with E-state index >= 15 is 0 Å². The number of carbonyl (C=O) groups excluding carboxylic acids is 3. The van der Waals surface area contributed by atoms with Crippen LogP contribution in [0, 0.1) is 17.0 Å². The van der Waals surface area contributed by atoms with Gasteiger partial charge >= 0.3 is 0 Å². The highest BCUT2D eigenvalue weighted by Gasteiger charge is 2.39. The quantitative estimate of drug-likeness (QED) is 0.209. The zero-order valence-electron chi connectivity index (χ0n) is 25.5. The number of benzene rings is 2. The molecule has 0 aliphatic carbocycles. The summed E-state index contributed by atoms with van der Waals surface area (Å²) in [5.74, 6) is -1.87. The van der Waals surface area contributed by atoms with Gasteiger partial charge in [0.25, 0.3) is 0 Å². The minimum Gasteiger partial charge on any atom is -0.496 e. The highest BCUT2D eigenvalue weighted by atomic mass is 19.1. The molecule has 3 amide bonds. The van der Waals surface area contributed by atoms with Crippen LogP contribution in [0.1, 0.15) is 44.7 Å². The molecule has 2 heterocycles. The maximum Gasteiger partial charge on any atom is 0.249 e. The number of likely N-dealkylation sites (N-methyl/N-ethyl adjacent to an activating group) is 1. The van der Waals surface area contributed by atoms with E-state index in [4.69, 9.17) is 4.74 Å². The Morgan fingerprint density at radius 1 is 1.11 bits per heavy atom. The van der Waals surface area contributed by atoms with E-state index in [9.17, 15) is 23.2 Å². The normalized spacial score (nSPS) is 16.3. The van der Waals surface area contributed by atoms with E-state index in [2.05, 4.69) is 36.6 Å². The molecule has 1 aliphatic rings. The van der Waals surface area contributed by atoms with Crippen LogP contribution in [0.3, 0.4) is 0 Å². The third-order valence-electron chi connectivity index (χ3n) is 7.92. The van der Waals surface area contributed by atoms with E-state index in [1.54, 1.807) is 20.0 Å². The van der Waals surface area contributed by atoms with E-state index in [0.717, 1.165) is 12.5 Å². The van der Waals surface area contributed by atoms with Gasteiger partial charge in [-0.15, -0.1) is 0 Å². The number of halogens is 2. The number of methoxy groups -OCH3 is 1. The fourth-order valence-corrected chi connectivity index (χ4v) is 5.24. The highest BCUT2D eigenvalue weighted by Crippen LogP contribution is 2.35. The van der Waals surface area contributed by atoms with Gasteiger partial charge in [-0.2, -0.15) is 0 Å². The summed E-state index contributed by atoms with van der Waals surface area (Å²) in [6.45, 7) is 6.05. The Bertz CT molecular complexity index is 1530. The van der Waals surface area contributed by atoms with Crippen LogP contribution in [0.25, 0.3) is 10.9 Å². The average molecular weight is 612 g/mol. The van der Waals surface area contributed by atoms with Crippen LogP contribution in [-0.2, 0) is 27.3 Å². The molecule has 13 heteroatoms. The van der Waals surface area contributed by atoms with Crippen LogP contribution >= 0.6 is 0 Å². The van der Waals surface area contributed by atoms with Gasteiger partial charge in [0.1, 0.15) is 35.6 Å². The first-order chi connectivity index (χ1) is 20.9. The zero-order valence-corrected chi connectivity index (χ0v) is 25.5. The van der Waals surface area contributed by atoms with E-state index in [-0.39, 0.29) is 18.5 Å². The van der Waals surface area contributed by atoms with E-state index in [1.165, 1.54) is 25.6 Å². The molecule has 1 aliphatic heterocycles. The van der Waals surface area contributed by atoms with Crippen LogP contribution in [-0.4, -0.2) is 66.5 Å². The molecular formula is C31H39F2N7O4. The second-order valence-corrected chi connectivity index (χ2v) is 11.6. The first-order valence-electron chi connectivity index (χ1n) is 14.5. The number of hydrogen-bond donors (Lipinski definition) is 5. The van der Waals surface area contributed by atoms with Crippen molar-refractivity contribution < 1.29 is 27.9 Å². The number of ether oxygens (including phenoxy) is 1. The largest absolute Gasteiger partial charge is 0.496 e. The molecule has 4 rings (SSSR count). The molecule has 3 atom stereocenters. The van der Waals surface area contributed by atoms with Crippen molar-refractivity contribution in [1.82, 2.24) is 31.2 Å². The lowest BCUT2D eigenvalue weighted by Gasteiger charge is -2.35. The maximum absolute atomic E-state index is 14.3. The Morgan fingerprint density at radius 2 is 1.89 bits per heavy atom. The molecule has 2 aromatic carbocycles. The van der Waals surface area contributed by atoms with Crippen molar-refractivity contribution in [2.75, 3.05) is 26.0 Å². The molecule has 1 fully saturated rings. The minimum absolute atomic E-state index is 0.0485. The van der Waals surface area contributed by atoms with Gasteiger partial charge in [-0.1, -0.05) is 19.9 Å². The third-order valence-corrected chi connectivity index (χ3v) is 7.92. The van der Waals surface area contributed by atoms with Crippen molar-refractivity contribution in [3.05, 3.63) is 59.4 Å². The zero-order chi connectivity index (χ0) is 32.0. The number of hydrogen-bond acceptors (Lipinski definition) is 9. The van der Waals surface area contributed by atoms with E-state index in [1.807, 2.05) is 19.9 Å². The van der Waals surface area contributed by atoms with E-state index < -0.39 is 52.9 Å². The summed E-state index contributed by atoms with van der Waals surface area (Å²) in [5, 5.41) is 15.0. The molecule has 0 spiro atoms. The molecule has 1 saturated heterocycles. The van der Waals surface area contributed by atoms with Crippen molar-refractivity contribution in [3.63, 3.8) is 0 Å². The molecule has 0 saturated carbocycles. The van der Waals surface area contributed by atoms with Crippen LogP contribution in [0.15, 0.2) is 36.7 Å². The summed E-state index contributed by atoms with van der Waals surface area (Å²) < 4.78 is 33.3. The Hall–Kier alpha value is -4.23. The summed E-state index contributed by atoms with van der Waals surface area (Å²) in [7, 11) is 3.15. The number of aromatic nitrogens is 2. The Labute approximate surface area is 254 Å².